The lowest BCUT2D eigenvalue weighted by Gasteiger charge is -2.23. The number of fused-ring (bicyclic) bond motifs is 3. The summed E-state index contributed by atoms with van der Waals surface area (Å²) in [6.45, 7) is 0.353. The van der Waals surface area contributed by atoms with Gasteiger partial charge in [-0.25, -0.2) is 4.98 Å². The van der Waals surface area contributed by atoms with Crippen LogP contribution in [0.4, 0.5) is 5.82 Å². The van der Waals surface area contributed by atoms with E-state index in [9.17, 15) is 4.79 Å². The Labute approximate surface area is 196 Å². The summed E-state index contributed by atoms with van der Waals surface area (Å²) in [5.41, 5.74) is 8.65. The summed E-state index contributed by atoms with van der Waals surface area (Å²) in [6, 6.07) is 5.40. The molecule has 5 rings (SSSR count). The summed E-state index contributed by atoms with van der Waals surface area (Å²) in [5, 5.41) is 6.69. The van der Waals surface area contributed by atoms with Crippen LogP contribution in [0.1, 0.15) is 28.9 Å². The van der Waals surface area contributed by atoms with Gasteiger partial charge in [0.2, 0.25) is 0 Å². The van der Waals surface area contributed by atoms with E-state index in [4.69, 9.17) is 28.9 Å². The molecule has 1 aromatic carbocycles. The lowest BCUT2D eigenvalue weighted by atomic mass is 10.1. The molecule has 0 aliphatic heterocycles. The normalized spacial score (nSPS) is 13.8. The molecule has 2 N–H and O–H groups in total. The predicted molar refractivity (Wildman–Crippen MR) is 125 cm³/mol. The van der Waals surface area contributed by atoms with Crippen molar-refractivity contribution >= 4 is 72.7 Å². The molecule has 0 unspecified atom stereocenters. The number of pyridine rings is 2. The molecule has 31 heavy (non-hydrogen) atoms. The van der Waals surface area contributed by atoms with E-state index in [1.807, 2.05) is 11.9 Å². The largest absolute Gasteiger partial charge is 0.383 e. The van der Waals surface area contributed by atoms with E-state index in [1.165, 1.54) is 0 Å². The molecule has 3 aromatic heterocycles. The van der Waals surface area contributed by atoms with Crippen LogP contribution in [0.2, 0.25) is 10.0 Å². The number of anilines is 1. The maximum atomic E-state index is 13.6. The highest BCUT2D eigenvalue weighted by Gasteiger charge is 2.34. The zero-order valence-electron chi connectivity index (χ0n) is 16.4. The highest BCUT2D eigenvalue weighted by Crippen LogP contribution is 2.35. The number of nitrogens with zero attached hydrogens (tertiary/aromatic N) is 5. The van der Waals surface area contributed by atoms with Crippen molar-refractivity contribution in [3.8, 4) is 0 Å². The standard InChI is InChI=1S/C21H17BrCl2N6O/c1-29-19-13-5-12(16(23)6-18(13)28-20(25)14(19)7-27-29)21(31)30(11-2-3-11)9-10-4-17(24)15(22)8-26-10/h4-8,11H,2-3,9H2,1H3,(H2,25,28). The van der Waals surface area contributed by atoms with E-state index in [0.29, 0.717) is 43.7 Å². The lowest BCUT2D eigenvalue weighted by Crippen LogP contribution is -2.33. The predicted octanol–water partition coefficient (Wildman–Crippen LogP) is 4.97. The van der Waals surface area contributed by atoms with E-state index >= 15 is 0 Å². The molecule has 1 fully saturated rings. The van der Waals surface area contributed by atoms with Gasteiger partial charge in [0, 0.05) is 24.7 Å². The second kappa shape index (κ2) is 7.62. The number of halogens is 3. The summed E-state index contributed by atoms with van der Waals surface area (Å²) in [7, 11) is 1.83. The van der Waals surface area contributed by atoms with Crippen LogP contribution in [0.15, 0.2) is 35.1 Å². The Morgan fingerprint density at radius 2 is 2.00 bits per heavy atom. The number of hydrogen-bond donors (Lipinski definition) is 1. The molecule has 0 spiro atoms. The Kier molecular flexibility index (Phi) is 5.03. The summed E-state index contributed by atoms with van der Waals surface area (Å²) in [4.78, 5) is 24.2. The first-order chi connectivity index (χ1) is 14.8. The first-order valence-electron chi connectivity index (χ1n) is 9.65. The van der Waals surface area contributed by atoms with Gasteiger partial charge < -0.3 is 10.6 Å². The minimum absolute atomic E-state index is 0.151. The summed E-state index contributed by atoms with van der Waals surface area (Å²) in [5.74, 6) is 0.228. The molecule has 1 aliphatic carbocycles. The Bertz CT molecular complexity index is 1370. The minimum atomic E-state index is -0.151. The highest BCUT2D eigenvalue weighted by molar-refractivity contribution is 9.10. The molecule has 0 atom stereocenters. The van der Waals surface area contributed by atoms with Crippen LogP contribution in [0.3, 0.4) is 0 Å². The van der Waals surface area contributed by atoms with Gasteiger partial charge in [-0.3, -0.25) is 14.5 Å². The van der Waals surface area contributed by atoms with Crippen molar-refractivity contribution in [2.24, 2.45) is 7.05 Å². The number of rotatable bonds is 4. The van der Waals surface area contributed by atoms with E-state index in [-0.39, 0.29) is 11.9 Å². The topological polar surface area (TPSA) is 89.9 Å². The summed E-state index contributed by atoms with van der Waals surface area (Å²) >= 11 is 16.1. The van der Waals surface area contributed by atoms with Gasteiger partial charge in [-0.2, -0.15) is 5.10 Å². The van der Waals surface area contributed by atoms with Gasteiger partial charge in [0.1, 0.15) is 5.82 Å². The Morgan fingerprint density at radius 3 is 2.71 bits per heavy atom. The van der Waals surface area contributed by atoms with Crippen LogP contribution in [-0.2, 0) is 13.6 Å². The molecule has 3 heterocycles. The van der Waals surface area contributed by atoms with Gasteiger partial charge in [-0.05, 0) is 47.0 Å². The Morgan fingerprint density at radius 1 is 1.23 bits per heavy atom. The van der Waals surface area contributed by atoms with Crippen LogP contribution in [0.25, 0.3) is 21.8 Å². The van der Waals surface area contributed by atoms with Gasteiger partial charge in [0.15, 0.2) is 0 Å². The highest BCUT2D eigenvalue weighted by atomic mass is 79.9. The molecule has 1 saturated carbocycles. The van der Waals surface area contributed by atoms with Crippen molar-refractivity contribution in [2.45, 2.75) is 25.4 Å². The minimum Gasteiger partial charge on any atom is -0.383 e. The van der Waals surface area contributed by atoms with Crippen molar-refractivity contribution < 1.29 is 4.79 Å². The average Bonchev–Trinajstić information content (AvgIpc) is 3.50. The second-order valence-corrected chi connectivity index (χ2v) is 9.30. The number of hydrogen-bond acceptors (Lipinski definition) is 5. The van der Waals surface area contributed by atoms with Gasteiger partial charge in [-0.1, -0.05) is 23.2 Å². The maximum Gasteiger partial charge on any atom is 0.255 e. The number of carbonyl (C=O) groups excluding carboxylic acids is 1. The van der Waals surface area contributed by atoms with Crippen molar-refractivity contribution in [1.82, 2.24) is 24.6 Å². The number of nitrogen functional groups attached to an aromatic ring is 1. The molecule has 7 nitrogen and oxygen atoms in total. The monoisotopic (exact) mass is 518 g/mol. The van der Waals surface area contributed by atoms with Crippen LogP contribution >= 0.6 is 39.1 Å². The Hall–Kier alpha value is -2.42. The van der Waals surface area contributed by atoms with Gasteiger partial charge >= 0.3 is 0 Å². The third-order valence-electron chi connectivity index (χ3n) is 5.47. The lowest BCUT2D eigenvalue weighted by molar-refractivity contribution is 0.0728. The third-order valence-corrected chi connectivity index (χ3v) is 6.96. The quantitative estimate of drug-likeness (QED) is 0.411. The van der Waals surface area contributed by atoms with Crippen molar-refractivity contribution in [3.05, 3.63) is 56.4 Å². The van der Waals surface area contributed by atoms with Crippen LogP contribution < -0.4 is 5.73 Å². The van der Waals surface area contributed by atoms with Crippen LogP contribution in [0, 0.1) is 0 Å². The number of carbonyl (C=O) groups is 1. The number of amides is 1. The zero-order valence-corrected chi connectivity index (χ0v) is 19.5. The fourth-order valence-electron chi connectivity index (χ4n) is 3.77. The number of nitrogens with two attached hydrogens (primary N) is 1. The fraction of sp³-hybridized carbons (Fsp3) is 0.238. The molecule has 1 amide bonds. The molecular formula is C21H17BrCl2N6O. The number of aromatic nitrogens is 4. The molecule has 0 saturated heterocycles. The summed E-state index contributed by atoms with van der Waals surface area (Å²) in [6.07, 6.45) is 5.22. The van der Waals surface area contributed by atoms with Crippen molar-refractivity contribution in [1.29, 1.82) is 0 Å². The second-order valence-electron chi connectivity index (χ2n) is 7.63. The van der Waals surface area contributed by atoms with E-state index in [1.54, 1.807) is 35.3 Å². The van der Waals surface area contributed by atoms with Crippen LogP contribution in [0.5, 0.6) is 0 Å². The van der Waals surface area contributed by atoms with Gasteiger partial charge in [0.25, 0.3) is 5.91 Å². The van der Waals surface area contributed by atoms with E-state index in [2.05, 4.69) is 31.0 Å². The third kappa shape index (κ3) is 3.62. The van der Waals surface area contributed by atoms with E-state index < -0.39 is 0 Å². The van der Waals surface area contributed by atoms with Gasteiger partial charge in [-0.15, -0.1) is 0 Å². The number of aryl methyl sites for hydroxylation is 1. The molecule has 158 valence electrons. The van der Waals surface area contributed by atoms with Crippen LogP contribution in [-0.4, -0.2) is 36.6 Å². The summed E-state index contributed by atoms with van der Waals surface area (Å²) < 4.78 is 2.44. The molecule has 0 radical (unpaired) electrons. The van der Waals surface area contributed by atoms with E-state index in [0.717, 1.165) is 29.1 Å². The first kappa shape index (κ1) is 20.5. The molecule has 0 bridgehead atoms. The van der Waals surface area contributed by atoms with Crippen molar-refractivity contribution in [2.75, 3.05) is 5.73 Å². The SMILES string of the molecule is Cn1ncc2c(N)nc3cc(Cl)c(C(=O)N(Cc4cc(Cl)c(Br)cn4)C4CC4)cc3c21. The maximum absolute atomic E-state index is 13.6. The fourth-order valence-corrected chi connectivity index (χ4v) is 4.40. The van der Waals surface area contributed by atoms with Crippen molar-refractivity contribution in [3.63, 3.8) is 0 Å². The number of benzene rings is 1. The smallest absolute Gasteiger partial charge is 0.255 e. The average molecular weight is 520 g/mol. The Balaban J connectivity index is 1.59. The molecule has 10 heteroatoms. The molecule has 4 aromatic rings. The zero-order chi connectivity index (χ0) is 21.9. The first-order valence-corrected chi connectivity index (χ1v) is 11.2. The molecular weight excluding hydrogens is 503 g/mol. The van der Waals surface area contributed by atoms with Gasteiger partial charge in [0.05, 0.1) is 54.9 Å². The molecule has 1 aliphatic rings.